The van der Waals surface area contributed by atoms with Crippen molar-refractivity contribution < 1.29 is 9.15 Å². The highest BCUT2D eigenvalue weighted by Gasteiger charge is 2.23. The lowest BCUT2D eigenvalue weighted by Crippen LogP contribution is -2.20. The fourth-order valence-corrected chi connectivity index (χ4v) is 3.66. The van der Waals surface area contributed by atoms with Crippen molar-refractivity contribution in [2.45, 2.75) is 29.9 Å². The molecule has 0 bridgehead atoms. The smallest absolute Gasteiger partial charge is 0.165 e. The zero-order valence-electron chi connectivity index (χ0n) is 13.2. The van der Waals surface area contributed by atoms with E-state index in [-0.39, 0.29) is 0 Å². The molecule has 0 spiro atoms. The molecule has 1 atom stereocenters. The van der Waals surface area contributed by atoms with Crippen LogP contribution < -0.4 is 0 Å². The van der Waals surface area contributed by atoms with Gasteiger partial charge < -0.3 is 9.15 Å². The predicted octanol–water partition coefficient (Wildman–Crippen LogP) is 4.21. The standard InChI is InChI=1S/C18H23NO2S/c1-14-3-6-17(7-4-14)22-18-8-5-16(21-18)12-19-10-9-15(11-19)13-20-2/h3-8,15H,9-13H2,1-2H3/t15-/m0/s1. The molecule has 118 valence electrons. The number of methoxy groups -OCH3 is 1. The molecule has 0 radical (unpaired) electrons. The van der Waals surface area contributed by atoms with Gasteiger partial charge in [-0.3, -0.25) is 4.90 Å². The fourth-order valence-electron chi connectivity index (χ4n) is 2.87. The van der Waals surface area contributed by atoms with E-state index in [1.807, 2.05) is 0 Å². The number of benzene rings is 1. The summed E-state index contributed by atoms with van der Waals surface area (Å²) in [6.45, 7) is 6.11. The Morgan fingerprint density at radius 3 is 2.82 bits per heavy atom. The number of furan rings is 1. The average molecular weight is 317 g/mol. The van der Waals surface area contributed by atoms with Crippen molar-refractivity contribution in [2.75, 3.05) is 26.8 Å². The van der Waals surface area contributed by atoms with Crippen molar-refractivity contribution in [3.8, 4) is 0 Å². The third kappa shape index (κ3) is 4.15. The Hall–Kier alpha value is -1.23. The molecule has 1 aliphatic rings. The van der Waals surface area contributed by atoms with Crippen molar-refractivity contribution in [2.24, 2.45) is 5.92 Å². The van der Waals surface area contributed by atoms with E-state index < -0.39 is 0 Å². The summed E-state index contributed by atoms with van der Waals surface area (Å²) in [4.78, 5) is 3.66. The number of hydrogen-bond donors (Lipinski definition) is 0. The van der Waals surface area contributed by atoms with Gasteiger partial charge >= 0.3 is 0 Å². The Morgan fingerprint density at radius 1 is 1.23 bits per heavy atom. The van der Waals surface area contributed by atoms with Crippen molar-refractivity contribution in [3.63, 3.8) is 0 Å². The van der Waals surface area contributed by atoms with E-state index in [9.17, 15) is 0 Å². The van der Waals surface area contributed by atoms with E-state index in [4.69, 9.17) is 9.15 Å². The topological polar surface area (TPSA) is 25.6 Å². The van der Waals surface area contributed by atoms with Crippen LogP contribution in [0.1, 0.15) is 17.7 Å². The average Bonchev–Trinajstić information content (AvgIpc) is 3.12. The molecule has 0 saturated carbocycles. The minimum atomic E-state index is 0.668. The second kappa shape index (κ2) is 7.36. The molecule has 4 heteroatoms. The zero-order chi connectivity index (χ0) is 15.4. The van der Waals surface area contributed by atoms with E-state index >= 15 is 0 Å². The molecule has 0 amide bonds. The van der Waals surface area contributed by atoms with Gasteiger partial charge in [-0.15, -0.1) is 0 Å². The van der Waals surface area contributed by atoms with Crippen molar-refractivity contribution in [3.05, 3.63) is 47.7 Å². The predicted molar refractivity (Wildman–Crippen MR) is 89.3 cm³/mol. The highest BCUT2D eigenvalue weighted by Crippen LogP contribution is 2.30. The summed E-state index contributed by atoms with van der Waals surface area (Å²) in [5.74, 6) is 1.72. The highest BCUT2D eigenvalue weighted by atomic mass is 32.2. The number of aryl methyl sites for hydroxylation is 1. The molecular weight excluding hydrogens is 294 g/mol. The first-order valence-electron chi connectivity index (χ1n) is 7.77. The van der Waals surface area contributed by atoms with Crippen molar-refractivity contribution in [1.82, 2.24) is 4.90 Å². The van der Waals surface area contributed by atoms with Gasteiger partial charge in [-0.2, -0.15) is 0 Å². The fraction of sp³-hybridized carbons (Fsp3) is 0.444. The van der Waals surface area contributed by atoms with Gasteiger partial charge in [0, 0.05) is 18.6 Å². The lowest BCUT2D eigenvalue weighted by atomic mass is 10.1. The largest absolute Gasteiger partial charge is 0.453 e. The molecular formula is C18H23NO2S. The minimum absolute atomic E-state index is 0.668. The summed E-state index contributed by atoms with van der Waals surface area (Å²) in [7, 11) is 1.78. The van der Waals surface area contributed by atoms with Gasteiger partial charge in [0.15, 0.2) is 5.09 Å². The summed E-state index contributed by atoms with van der Waals surface area (Å²) in [6.07, 6.45) is 1.22. The van der Waals surface area contributed by atoms with Crippen LogP contribution in [0.25, 0.3) is 0 Å². The molecule has 1 saturated heterocycles. The van der Waals surface area contributed by atoms with Gasteiger partial charge in [-0.25, -0.2) is 0 Å². The number of nitrogens with zero attached hydrogens (tertiary/aromatic N) is 1. The van der Waals surface area contributed by atoms with Gasteiger partial charge in [0.2, 0.25) is 0 Å². The van der Waals surface area contributed by atoms with Crippen LogP contribution in [-0.4, -0.2) is 31.7 Å². The molecule has 0 N–H and O–H groups in total. The Morgan fingerprint density at radius 2 is 2.05 bits per heavy atom. The Balaban J connectivity index is 1.54. The third-order valence-electron chi connectivity index (χ3n) is 4.03. The van der Waals surface area contributed by atoms with E-state index in [2.05, 4.69) is 48.2 Å². The molecule has 2 aromatic rings. The first-order chi connectivity index (χ1) is 10.7. The second-order valence-electron chi connectivity index (χ2n) is 5.98. The van der Waals surface area contributed by atoms with E-state index in [0.29, 0.717) is 5.92 Å². The Bertz CT molecular complexity index is 593. The Kier molecular flexibility index (Phi) is 5.24. The minimum Gasteiger partial charge on any atom is -0.453 e. The molecule has 3 rings (SSSR count). The van der Waals surface area contributed by atoms with Crippen molar-refractivity contribution in [1.29, 1.82) is 0 Å². The number of ether oxygens (including phenoxy) is 1. The maximum atomic E-state index is 5.97. The lowest BCUT2D eigenvalue weighted by molar-refractivity contribution is 0.151. The quantitative estimate of drug-likeness (QED) is 0.797. The molecule has 1 fully saturated rings. The molecule has 1 aliphatic heterocycles. The van der Waals surface area contributed by atoms with Gasteiger partial charge in [0.05, 0.1) is 13.2 Å². The summed E-state index contributed by atoms with van der Waals surface area (Å²) >= 11 is 1.68. The Labute approximate surface area is 136 Å². The lowest BCUT2D eigenvalue weighted by Gasteiger charge is -2.13. The van der Waals surface area contributed by atoms with Crippen LogP contribution in [0.15, 0.2) is 50.8 Å². The van der Waals surface area contributed by atoms with Crippen LogP contribution >= 0.6 is 11.8 Å². The molecule has 0 unspecified atom stereocenters. The van der Waals surface area contributed by atoms with E-state index in [0.717, 1.165) is 37.1 Å². The van der Waals surface area contributed by atoms with E-state index in [1.54, 1.807) is 18.9 Å². The van der Waals surface area contributed by atoms with Gasteiger partial charge in [0.1, 0.15) is 5.76 Å². The number of hydrogen-bond acceptors (Lipinski definition) is 4. The number of rotatable bonds is 6. The van der Waals surface area contributed by atoms with Crippen LogP contribution in [0.4, 0.5) is 0 Å². The molecule has 1 aromatic heterocycles. The van der Waals surface area contributed by atoms with E-state index in [1.165, 1.54) is 16.9 Å². The molecule has 1 aromatic carbocycles. The second-order valence-corrected chi connectivity index (χ2v) is 7.06. The number of likely N-dealkylation sites (tertiary alicyclic amines) is 1. The normalized spacial score (nSPS) is 18.9. The van der Waals surface area contributed by atoms with Crippen LogP contribution in [0, 0.1) is 12.8 Å². The van der Waals surface area contributed by atoms with Crippen molar-refractivity contribution >= 4 is 11.8 Å². The summed E-state index contributed by atoms with van der Waals surface area (Å²) in [6, 6.07) is 12.7. The first kappa shape index (κ1) is 15.7. The maximum Gasteiger partial charge on any atom is 0.165 e. The van der Waals surface area contributed by atoms with Gasteiger partial charge in [-0.1, -0.05) is 29.5 Å². The molecule has 0 aliphatic carbocycles. The summed E-state index contributed by atoms with van der Waals surface area (Å²) in [5, 5.41) is 0.964. The maximum absolute atomic E-state index is 5.97. The summed E-state index contributed by atoms with van der Waals surface area (Å²) < 4.78 is 11.2. The monoisotopic (exact) mass is 317 g/mol. The van der Waals surface area contributed by atoms with Crippen LogP contribution in [0.2, 0.25) is 0 Å². The van der Waals surface area contributed by atoms with Gasteiger partial charge in [-0.05, 0) is 50.1 Å². The van der Waals surface area contributed by atoms with Crippen LogP contribution in [0.3, 0.4) is 0 Å². The summed E-state index contributed by atoms with van der Waals surface area (Å²) in [5.41, 5.74) is 1.28. The molecule has 22 heavy (non-hydrogen) atoms. The third-order valence-corrected chi connectivity index (χ3v) is 4.96. The SMILES string of the molecule is COC[C@H]1CCN(Cc2ccc(Sc3ccc(C)cc3)o2)C1. The van der Waals surface area contributed by atoms with Crippen LogP contribution in [0.5, 0.6) is 0 Å². The highest BCUT2D eigenvalue weighted by molar-refractivity contribution is 7.99. The van der Waals surface area contributed by atoms with Gasteiger partial charge in [0.25, 0.3) is 0 Å². The molecule has 3 nitrogen and oxygen atoms in total. The zero-order valence-corrected chi connectivity index (χ0v) is 14.1. The molecule has 2 heterocycles. The first-order valence-corrected chi connectivity index (χ1v) is 8.59. The van der Waals surface area contributed by atoms with Crippen LogP contribution in [-0.2, 0) is 11.3 Å².